The first-order chi connectivity index (χ1) is 10.2. The molecule has 3 nitrogen and oxygen atoms in total. The Bertz CT molecular complexity index is 476. The normalized spacial score (nSPS) is 24.0. The molecule has 0 bridgehead atoms. The number of hydrogen-bond donors (Lipinski definition) is 1. The fraction of sp³-hybridized carbons (Fsp3) is 0.647. The van der Waals surface area contributed by atoms with Crippen molar-refractivity contribution in [3.05, 3.63) is 35.1 Å². The second kappa shape index (κ2) is 6.86. The minimum Gasteiger partial charge on any atom is -0.377 e. The first-order valence-electron chi connectivity index (χ1n) is 8.05. The van der Waals surface area contributed by atoms with Crippen molar-refractivity contribution in [2.75, 3.05) is 19.7 Å². The Morgan fingerprint density at radius 2 is 2.24 bits per heavy atom. The topological polar surface area (TPSA) is 24.5 Å². The minimum absolute atomic E-state index is 0.0945. The molecular formula is C17H25FN2O. The summed E-state index contributed by atoms with van der Waals surface area (Å²) in [5.74, 6) is -0.0945. The number of hydrogen-bond acceptors (Lipinski definition) is 3. The summed E-state index contributed by atoms with van der Waals surface area (Å²) in [5, 5.41) is 3.48. The molecule has 1 aliphatic heterocycles. The molecule has 1 aromatic carbocycles. The molecule has 3 rings (SSSR count). The Kier molecular flexibility index (Phi) is 4.88. The number of halogens is 1. The van der Waals surface area contributed by atoms with Crippen molar-refractivity contribution in [2.24, 2.45) is 0 Å². The molecule has 0 radical (unpaired) electrons. The Balaban J connectivity index is 1.63. The number of ether oxygens (including phenoxy) is 1. The lowest BCUT2D eigenvalue weighted by atomic mass is 10.1. The summed E-state index contributed by atoms with van der Waals surface area (Å²) in [6.45, 7) is 6.28. The molecule has 1 aliphatic carbocycles. The molecule has 1 saturated heterocycles. The van der Waals surface area contributed by atoms with Crippen LogP contribution in [0.4, 0.5) is 4.39 Å². The maximum absolute atomic E-state index is 14.1. The van der Waals surface area contributed by atoms with E-state index in [4.69, 9.17) is 4.74 Å². The molecule has 0 amide bonds. The summed E-state index contributed by atoms with van der Waals surface area (Å²) >= 11 is 0. The molecule has 1 saturated carbocycles. The summed E-state index contributed by atoms with van der Waals surface area (Å²) in [7, 11) is 0. The second-order valence-electron chi connectivity index (χ2n) is 6.35. The Hall–Kier alpha value is -0.970. The van der Waals surface area contributed by atoms with Crippen LogP contribution in [0.15, 0.2) is 18.2 Å². The van der Waals surface area contributed by atoms with E-state index in [1.165, 1.54) is 18.4 Å². The SMILES string of the molecule is CC1CN(Cc2cc(CNC3CC3)ccc2F)CCCO1. The molecule has 1 N–H and O–H groups in total. The molecule has 2 aliphatic rings. The molecule has 1 aromatic rings. The largest absolute Gasteiger partial charge is 0.377 e. The fourth-order valence-corrected chi connectivity index (χ4v) is 2.87. The first kappa shape index (κ1) is 14.9. The zero-order chi connectivity index (χ0) is 14.7. The highest BCUT2D eigenvalue weighted by Crippen LogP contribution is 2.20. The van der Waals surface area contributed by atoms with Crippen LogP contribution >= 0.6 is 0 Å². The average Bonchev–Trinajstić information content (AvgIpc) is 3.28. The lowest BCUT2D eigenvalue weighted by molar-refractivity contribution is 0.0666. The third-order valence-corrected chi connectivity index (χ3v) is 4.21. The number of nitrogens with one attached hydrogen (secondary N) is 1. The predicted octanol–water partition coefficient (Wildman–Crippen LogP) is 2.69. The summed E-state index contributed by atoms with van der Waals surface area (Å²) < 4.78 is 19.7. The minimum atomic E-state index is -0.0945. The van der Waals surface area contributed by atoms with E-state index in [0.717, 1.165) is 38.2 Å². The van der Waals surface area contributed by atoms with E-state index in [0.29, 0.717) is 12.6 Å². The molecule has 1 unspecified atom stereocenters. The maximum atomic E-state index is 14.1. The van der Waals surface area contributed by atoms with E-state index >= 15 is 0 Å². The molecule has 0 spiro atoms. The first-order valence-corrected chi connectivity index (χ1v) is 8.05. The van der Waals surface area contributed by atoms with Crippen molar-refractivity contribution >= 4 is 0 Å². The highest BCUT2D eigenvalue weighted by atomic mass is 19.1. The number of rotatable bonds is 5. The zero-order valence-electron chi connectivity index (χ0n) is 12.8. The van der Waals surface area contributed by atoms with Gasteiger partial charge in [0.05, 0.1) is 6.10 Å². The van der Waals surface area contributed by atoms with Crippen LogP contribution in [0, 0.1) is 5.82 Å². The van der Waals surface area contributed by atoms with Gasteiger partial charge in [0.2, 0.25) is 0 Å². The third-order valence-electron chi connectivity index (χ3n) is 4.21. The number of nitrogens with zero attached hydrogens (tertiary/aromatic N) is 1. The summed E-state index contributed by atoms with van der Waals surface area (Å²) in [4.78, 5) is 2.30. The molecule has 21 heavy (non-hydrogen) atoms. The molecule has 1 heterocycles. The molecule has 116 valence electrons. The highest BCUT2D eigenvalue weighted by molar-refractivity contribution is 5.25. The quantitative estimate of drug-likeness (QED) is 0.903. The van der Waals surface area contributed by atoms with E-state index in [1.807, 2.05) is 12.1 Å². The van der Waals surface area contributed by atoms with Crippen LogP contribution in [0.5, 0.6) is 0 Å². The second-order valence-corrected chi connectivity index (χ2v) is 6.35. The van der Waals surface area contributed by atoms with Gasteiger partial charge in [-0.2, -0.15) is 0 Å². The van der Waals surface area contributed by atoms with Crippen molar-refractivity contribution in [2.45, 2.75) is 51.4 Å². The van der Waals surface area contributed by atoms with Crippen molar-refractivity contribution in [3.63, 3.8) is 0 Å². The zero-order valence-corrected chi connectivity index (χ0v) is 12.8. The lowest BCUT2D eigenvalue weighted by Gasteiger charge is -2.22. The Labute approximate surface area is 126 Å². The van der Waals surface area contributed by atoms with E-state index in [2.05, 4.69) is 17.1 Å². The third kappa shape index (κ3) is 4.50. The van der Waals surface area contributed by atoms with Crippen LogP contribution in [-0.4, -0.2) is 36.7 Å². The fourth-order valence-electron chi connectivity index (χ4n) is 2.87. The predicted molar refractivity (Wildman–Crippen MR) is 81.6 cm³/mol. The van der Waals surface area contributed by atoms with Crippen LogP contribution in [0.3, 0.4) is 0 Å². The summed E-state index contributed by atoms with van der Waals surface area (Å²) in [6.07, 6.45) is 3.81. The standard InChI is InChI=1S/C17H25FN2O/c1-13-11-20(7-2-8-21-13)12-15-9-14(3-6-17(15)18)10-19-16-4-5-16/h3,6,9,13,16,19H,2,4-5,7-8,10-12H2,1H3. The molecule has 2 fully saturated rings. The van der Waals surface area contributed by atoms with Gasteiger partial charge < -0.3 is 10.1 Å². The maximum Gasteiger partial charge on any atom is 0.127 e. The van der Waals surface area contributed by atoms with Gasteiger partial charge in [0.25, 0.3) is 0 Å². The molecule has 4 heteroatoms. The van der Waals surface area contributed by atoms with Crippen molar-refractivity contribution in [1.82, 2.24) is 10.2 Å². The van der Waals surface area contributed by atoms with Gasteiger partial charge in [0, 0.05) is 44.4 Å². The van der Waals surface area contributed by atoms with Gasteiger partial charge in [-0.25, -0.2) is 4.39 Å². The van der Waals surface area contributed by atoms with Crippen LogP contribution < -0.4 is 5.32 Å². The molecule has 1 atom stereocenters. The highest BCUT2D eigenvalue weighted by Gasteiger charge is 2.20. The summed E-state index contributed by atoms with van der Waals surface area (Å²) in [6, 6.07) is 6.20. The van der Waals surface area contributed by atoms with Crippen molar-refractivity contribution in [1.29, 1.82) is 0 Å². The van der Waals surface area contributed by atoms with Crippen LogP contribution in [-0.2, 0) is 17.8 Å². The van der Waals surface area contributed by atoms with Crippen molar-refractivity contribution < 1.29 is 9.13 Å². The average molecular weight is 292 g/mol. The van der Waals surface area contributed by atoms with E-state index in [-0.39, 0.29) is 11.9 Å². The van der Waals surface area contributed by atoms with Crippen molar-refractivity contribution in [3.8, 4) is 0 Å². The smallest absolute Gasteiger partial charge is 0.127 e. The van der Waals surface area contributed by atoms with Gasteiger partial charge in [0.15, 0.2) is 0 Å². The van der Waals surface area contributed by atoms with E-state index in [9.17, 15) is 4.39 Å². The van der Waals surface area contributed by atoms with Crippen LogP contribution in [0.2, 0.25) is 0 Å². The van der Waals surface area contributed by atoms with E-state index < -0.39 is 0 Å². The summed E-state index contributed by atoms with van der Waals surface area (Å²) in [5.41, 5.74) is 1.98. The van der Waals surface area contributed by atoms with Gasteiger partial charge in [-0.3, -0.25) is 4.90 Å². The van der Waals surface area contributed by atoms with Gasteiger partial charge in [-0.15, -0.1) is 0 Å². The Morgan fingerprint density at radius 1 is 1.38 bits per heavy atom. The van der Waals surface area contributed by atoms with Crippen LogP contribution in [0.25, 0.3) is 0 Å². The molecule has 0 aromatic heterocycles. The van der Waals surface area contributed by atoms with Gasteiger partial charge in [-0.05, 0) is 37.8 Å². The van der Waals surface area contributed by atoms with E-state index in [1.54, 1.807) is 6.07 Å². The Morgan fingerprint density at radius 3 is 3.05 bits per heavy atom. The van der Waals surface area contributed by atoms with Crippen LogP contribution in [0.1, 0.15) is 37.3 Å². The number of benzene rings is 1. The lowest BCUT2D eigenvalue weighted by Crippen LogP contribution is -2.30. The monoisotopic (exact) mass is 292 g/mol. The molecular weight excluding hydrogens is 267 g/mol. The van der Waals surface area contributed by atoms with Gasteiger partial charge in [-0.1, -0.05) is 12.1 Å². The van der Waals surface area contributed by atoms with Gasteiger partial charge >= 0.3 is 0 Å². The van der Waals surface area contributed by atoms with Gasteiger partial charge in [0.1, 0.15) is 5.82 Å².